The fourth-order valence-electron chi connectivity index (χ4n) is 9.88. The Kier molecular flexibility index (Phi) is 52.9. The van der Waals surface area contributed by atoms with E-state index >= 15 is 0 Å². The van der Waals surface area contributed by atoms with Crippen LogP contribution in [0.4, 0.5) is 0 Å². The van der Waals surface area contributed by atoms with Gasteiger partial charge in [0.15, 0.2) is 0 Å². The van der Waals surface area contributed by atoms with Gasteiger partial charge in [0.2, 0.25) is 0 Å². The van der Waals surface area contributed by atoms with Gasteiger partial charge in [0, 0.05) is 25.8 Å². The molecule has 0 fully saturated rings. The van der Waals surface area contributed by atoms with E-state index in [0.29, 0.717) is 38.8 Å². The third-order valence-electron chi connectivity index (χ3n) is 14.9. The molecule has 0 aromatic heterocycles. The highest BCUT2D eigenvalue weighted by Crippen LogP contribution is 2.29. The van der Waals surface area contributed by atoms with Crippen molar-refractivity contribution in [3.63, 3.8) is 0 Å². The number of ether oxygens (including phenoxy) is 4. The number of carbonyl (C=O) groups excluding carboxylic acids is 4. The maximum atomic E-state index is 13.2. The number of aliphatic hydroxyl groups is 1. The van der Waals surface area contributed by atoms with E-state index in [9.17, 15) is 24.3 Å². The van der Waals surface area contributed by atoms with Crippen molar-refractivity contribution in [1.82, 2.24) is 4.90 Å². The number of unbranched alkanes of at least 4 members (excludes halogenated alkanes) is 31. The van der Waals surface area contributed by atoms with Gasteiger partial charge in [-0.15, -0.1) is 0 Å². The van der Waals surface area contributed by atoms with Crippen LogP contribution in [-0.4, -0.2) is 86.6 Å². The van der Waals surface area contributed by atoms with Crippen molar-refractivity contribution in [3.8, 4) is 0 Å². The molecule has 0 aromatic carbocycles. The minimum Gasteiger partial charge on any atom is -0.465 e. The smallest absolute Gasteiger partial charge is 0.308 e. The fourth-order valence-corrected chi connectivity index (χ4v) is 9.88. The van der Waals surface area contributed by atoms with Crippen molar-refractivity contribution in [1.29, 1.82) is 0 Å². The van der Waals surface area contributed by atoms with E-state index < -0.39 is 5.41 Å². The number of aliphatic hydroxyl groups excluding tert-OH is 1. The standard InChI is InChI=1S/C63H121NO9/c1-6-11-16-21-25-30-37-46-59(66)71-55-63(56-72-60(67)47-38-31-26-22-17-12-7-2,57-73-61(68)48-39-32-27-23-18-13-8-3)49-40-42-51-64(52-53-65)50-41-33-34-43-54-70-62(69)58(44-35-28-20-15-10-5)45-36-29-24-19-14-9-4/h58,65H,6-57H2,1-5H3. The van der Waals surface area contributed by atoms with Crippen LogP contribution in [0.2, 0.25) is 0 Å². The Morgan fingerprint density at radius 2 is 0.685 bits per heavy atom. The predicted octanol–water partition coefficient (Wildman–Crippen LogP) is 17.3. The van der Waals surface area contributed by atoms with Crippen LogP contribution >= 0.6 is 0 Å². The average Bonchev–Trinajstić information content (AvgIpc) is 3.39. The second-order valence-corrected chi connectivity index (χ2v) is 22.2. The Balaban J connectivity index is 5.55. The second kappa shape index (κ2) is 54.6. The molecule has 0 spiro atoms. The van der Waals surface area contributed by atoms with E-state index in [1.165, 1.54) is 135 Å². The first-order chi connectivity index (χ1) is 35.7. The van der Waals surface area contributed by atoms with E-state index in [1.807, 2.05) is 0 Å². The zero-order chi connectivity index (χ0) is 53.6. The summed E-state index contributed by atoms with van der Waals surface area (Å²) in [5, 5.41) is 9.99. The van der Waals surface area contributed by atoms with Gasteiger partial charge in [-0.2, -0.15) is 0 Å². The number of hydrogen-bond donors (Lipinski definition) is 1. The van der Waals surface area contributed by atoms with Gasteiger partial charge in [0.1, 0.15) is 19.8 Å². The molecule has 0 bridgehead atoms. The van der Waals surface area contributed by atoms with Gasteiger partial charge >= 0.3 is 23.9 Å². The first-order valence-electron chi connectivity index (χ1n) is 31.7. The van der Waals surface area contributed by atoms with Crippen molar-refractivity contribution < 1.29 is 43.2 Å². The lowest BCUT2D eigenvalue weighted by Crippen LogP contribution is -2.40. The highest BCUT2D eigenvalue weighted by atomic mass is 16.6. The Labute approximate surface area is 451 Å². The minimum absolute atomic E-state index is 0.00664. The van der Waals surface area contributed by atoms with Crippen LogP contribution in [0.3, 0.4) is 0 Å². The third kappa shape index (κ3) is 46.8. The largest absolute Gasteiger partial charge is 0.465 e. The molecule has 0 amide bonds. The summed E-state index contributed by atoms with van der Waals surface area (Å²) in [5.74, 6) is -0.726. The first kappa shape index (κ1) is 70.8. The zero-order valence-electron chi connectivity index (χ0n) is 49.0. The van der Waals surface area contributed by atoms with Gasteiger partial charge in [-0.3, -0.25) is 19.2 Å². The van der Waals surface area contributed by atoms with E-state index in [-0.39, 0.29) is 56.2 Å². The number of nitrogens with zero attached hydrogens (tertiary/aromatic N) is 1. The molecule has 1 unspecified atom stereocenters. The van der Waals surface area contributed by atoms with Crippen LogP contribution < -0.4 is 0 Å². The molecule has 0 aliphatic rings. The van der Waals surface area contributed by atoms with Crippen molar-refractivity contribution >= 4 is 23.9 Å². The SMILES string of the molecule is CCCCCCCCCC(=O)OCC(CCCCN(CCO)CCCCCCOC(=O)C(CCCCCCC)CCCCCCCC)(COC(=O)CCCCCCCCC)COC(=O)CCCCCCCCC. The van der Waals surface area contributed by atoms with Crippen LogP contribution in [0.1, 0.15) is 317 Å². The number of esters is 4. The molecule has 0 aliphatic heterocycles. The maximum Gasteiger partial charge on any atom is 0.308 e. The zero-order valence-corrected chi connectivity index (χ0v) is 49.0. The van der Waals surface area contributed by atoms with Crippen molar-refractivity contribution in [2.24, 2.45) is 11.3 Å². The Morgan fingerprint density at radius 1 is 0.370 bits per heavy atom. The van der Waals surface area contributed by atoms with E-state index in [4.69, 9.17) is 18.9 Å². The summed E-state index contributed by atoms with van der Waals surface area (Å²) in [6, 6.07) is 0. The van der Waals surface area contributed by atoms with Crippen LogP contribution in [0, 0.1) is 11.3 Å². The highest BCUT2D eigenvalue weighted by Gasteiger charge is 2.36. The first-order valence-corrected chi connectivity index (χ1v) is 31.7. The lowest BCUT2D eigenvalue weighted by Gasteiger charge is -2.33. The normalized spacial score (nSPS) is 12.1. The lowest BCUT2D eigenvalue weighted by atomic mass is 9.84. The molecular formula is C63H121NO9. The topological polar surface area (TPSA) is 129 Å². The molecule has 10 heteroatoms. The molecule has 0 radical (unpaired) electrons. The summed E-state index contributed by atoms with van der Waals surface area (Å²) >= 11 is 0. The molecule has 0 saturated heterocycles. The summed E-state index contributed by atoms with van der Waals surface area (Å²) in [5.41, 5.74) is -0.852. The fraction of sp³-hybridized carbons (Fsp3) is 0.937. The quantitative estimate of drug-likeness (QED) is 0.0357. The van der Waals surface area contributed by atoms with Gasteiger partial charge in [0.05, 0.1) is 24.5 Å². The third-order valence-corrected chi connectivity index (χ3v) is 14.9. The molecule has 1 atom stereocenters. The molecule has 73 heavy (non-hydrogen) atoms. The summed E-state index contributed by atoms with van der Waals surface area (Å²) < 4.78 is 23.9. The molecule has 432 valence electrons. The Hall–Kier alpha value is -2.20. The van der Waals surface area contributed by atoms with Crippen molar-refractivity contribution in [3.05, 3.63) is 0 Å². The van der Waals surface area contributed by atoms with Crippen LogP contribution in [0.15, 0.2) is 0 Å². The Bertz CT molecular complexity index is 1150. The number of rotatable bonds is 58. The summed E-state index contributed by atoms with van der Waals surface area (Å²) in [6.07, 6.45) is 45.8. The van der Waals surface area contributed by atoms with E-state index in [2.05, 4.69) is 39.5 Å². The molecule has 0 aromatic rings. The van der Waals surface area contributed by atoms with Gasteiger partial charge in [-0.25, -0.2) is 0 Å². The average molecular weight is 1040 g/mol. The van der Waals surface area contributed by atoms with Crippen LogP contribution in [0.5, 0.6) is 0 Å². The van der Waals surface area contributed by atoms with Crippen molar-refractivity contribution in [2.75, 3.05) is 52.7 Å². The second-order valence-electron chi connectivity index (χ2n) is 22.2. The molecule has 0 rings (SSSR count). The van der Waals surface area contributed by atoms with E-state index in [1.54, 1.807) is 0 Å². The lowest BCUT2D eigenvalue weighted by molar-refractivity contribution is -0.163. The Morgan fingerprint density at radius 3 is 1.05 bits per heavy atom. The van der Waals surface area contributed by atoms with Crippen molar-refractivity contribution in [2.45, 2.75) is 317 Å². The van der Waals surface area contributed by atoms with Gasteiger partial charge in [0.25, 0.3) is 0 Å². The number of hydrogen-bond acceptors (Lipinski definition) is 10. The van der Waals surface area contributed by atoms with Crippen LogP contribution in [-0.2, 0) is 38.1 Å². The molecule has 0 aliphatic carbocycles. The molecule has 0 saturated carbocycles. The summed E-state index contributed by atoms with van der Waals surface area (Å²) in [6.45, 7) is 14.0. The maximum absolute atomic E-state index is 13.2. The van der Waals surface area contributed by atoms with E-state index in [0.717, 1.165) is 135 Å². The van der Waals surface area contributed by atoms with Gasteiger partial charge < -0.3 is 29.0 Å². The number of carbonyl (C=O) groups is 4. The minimum atomic E-state index is -0.852. The monoisotopic (exact) mass is 1040 g/mol. The predicted molar refractivity (Wildman–Crippen MR) is 305 cm³/mol. The van der Waals surface area contributed by atoms with Crippen LogP contribution in [0.25, 0.3) is 0 Å². The van der Waals surface area contributed by atoms with Gasteiger partial charge in [-0.05, 0) is 70.9 Å². The molecular weight excluding hydrogens is 915 g/mol. The summed E-state index contributed by atoms with van der Waals surface area (Å²) in [4.78, 5) is 55.1. The molecule has 10 nitrogen and oxygen atoms in total. The van der Waals surface area contributed by atoms with Gasteiger partial charge in [-0.1, -0.05) is 240 Å². The molecule has 1 N–H and O–H groups in total. The highest BCUT2D eigenvalue weighted by molar-refractivity contribution is 5.72. The summed E-state index contributed by atoms with van der Waals surface area (Å²) in [7, 11) is 0. The molecule has 0 heterocycles.